The van der Waals surface area contributed by atoms with Gasteiger partial charge in [0.15, 0.2) is 0 Å². The first-order chi connectivity index (χ1) is 13.8. The molecule has 1 aliphatic heterocycles. The van der Waals surface area contributed by atoms with Crippen molar-refractivity contribution < 1.29 is 26.0 Å². The molecule has 0 amide bonds. The predicted octanol–water partition coefficient (Wildman–Crippen LogP) is 4.60. The Bertz CT molecular complexity index is 1020. The van der Waals surface area contributed by atoms with Crippen LogP contribution in [0, 0.1) is 5.82 Å². The van der Waals surface area contributed by atoms with Crippen LogP contribution in [0.25, 0.3) is 0 Å². The molecule has 1 fully saturated rings. The molecular weight excluding hydrogens is 420 g/mol. The van der Waals surface area contributed by atoms with Crippen molar-refractivity contribution in [2.24, 2.45) is 0 Å². The van der Waals surface area contributed by atoms with E-state index in [2.05, 4.69) is 4.90 Å². The molecule has 30 heavy (non-hydrogen) atoms. The number of alkyl halides is 3. The lowest BCUT2D eigenvalue weighted by molar-refractivity contribution is -0.139. The van der Waals surface area contributed by atoms with Gasteiger partial charge in [0.2, 0.25) is 9.84 Å². The lowest BCUT2D eigenvalue weighted by Gasteiger charge is -2.43. The van der Waals surface area contributed by atoms with Gasteiger partial charge < -0.3 is 4.90 Å². The molecule has 3 rings (SSSR count). The highest BCUT2D eigenvalue weighted by Gasteiger charge is 2.42. The summed E-state index contributed by atoms with van der Waals surface area (Å²) < 4.78 is 81.7. The number of sulfone groups is 1. The van der Waals surface area contributed by atoms with Gasteiger partial charge in [0.1, 0.15) is 5.82 Å². The largest absolute Gasteiger partial charge is 0.419 e. The summed E-state index contributed by atoms with van der Waals surface area (Å²) in [6.07, 6.45) is -4.90. The number of piperazine rings is 1. The van der Waals surface area contributed by atoms with Crippen LogP contribution in [0.3, 0.4) is 0 Å². The molecule has 0 aliphatic carbocycles. The zero-order chi connectivity index (χ0) is 22.3. The van der Waals surface area contributed by atoms with E-state index in [4.69, 9.17) is 0 Å². The van der Waals surface area contributed by atoms with E-state index in [9.17, 15) is 26.0 Å². The third kappa shape index (κ3) is 4.46. The van der Waals surface area contributed by atoms with Crippen LogP contribution in [-0.2, 0) is 16.0 Å². The van der Waals surface area contributed by atoms with E-state index in [0.717, 1.165) is 30.3 Å². The van der Waals surface area contributed by atoms with Crippen LogP contribution in [0.1, 0.15) is 26.3 Å². The van der Waals surface area contributed by atoms with E-state index in [0.29, 0.717) is 26.2 Å². The lowest BCUT2D eigenvalue weighted by atomic mass is 10.0. The second-order valence-corrected chi connectivity index (χ2v) is 10.2. The van der Waals surface area contributed by atoms with Gasteiger partial charge >= 0.3 is 6.18 Å². The Hall–Kier alpha value is -2.13. The summed E-state index contributed by atoms with van der Waals surface area (Å²) in [6.45, 7) is 7.90. The van der Waals surface area contributed by atoms with Crippen LogP contribution in [0.5, 0.6) is 0 Å². The van der Waals surface area contributed by atoms with Crippen LogP contribution in [0.4, 0.5) is 23.2 Å². The van der Waals surface area contributed by atoms with Crippen molar-refractivity contribution in [2.75, 3.05) is 31.1 Å². The normalized spacial score (nSPS) is 16.7. The summed E-state index contributed by atoms with van der Waals surface area (Å²) in [4.78, 5) is 2.36. The Morgan fingerprint density at radius 1 is 0.900 bits per heavy atom. The standard InChI is InChI=1S/C21H24F4N2O2S/c1-20(2,3)27-12-10-26(11-13-27)17-8-5-9-18(19(17)21(23,24)25)30(28,29)16-7-4-6-15(22)14-16/h4-9,14H,10-13H2,1-3H3. The van der Waals surface area contributed by atoms with Gasteiger partial charge in [0.25, 0.3) is 0 Å². The summed E-state index contributed by atoms with van der Waals surface area (Å²) in [5, 5.41) is 0. The Kier molecular flexibility index (Phi) is 5.90. The first-order valence-corrected chi connectivity index (χ1v) is 11.0. The molecule has 2 aromatic rings. The fourth-order valence-corrected chi connectivity index (χ4v) is 5.20. The first-order valence-electron chi connectivity index (χ1n) is 9.53. The summed E-state index contributed by atoms with van der Waals surface area (Å²) >= 11 is 0. The second kappa shape index (κ2) is 7.85. The van der Waals surface area contributed by atoms with Gasteiger partial charge in [-0.15, -0.1) is 0 Å². The third-order valence-corrected chi connectivity index (χ3v) is 7.05. The van der Waals surface area contributed by atoms with Crippen molar-refractivity contribution in [1.29, 1.82) is 0 Å². The van der Waals surface area contributed by atoms with E-state index in [1.165, 1.54) is 12.1 Å². The lowest BCUT2D eigenvalue weighted by Crippen LogP contribution is -2.53. The topological polar surface area (TPSA) is 40.6 Å². The molecule has 0 unspecified atom stereocenters. The van der Waals surface area contributed by atoms with E-state index >= 15 is 0 Å². The molecule has 0 atom stereocenters. The van der Waals surface area contributed by atoms with E-state index in [1.807, 2.05) is 20.8 Å². The minimum absolute atomic E-state index is 0.110. The first kappa shape index (κ1) is 22.6. The number of nitrogens with zero attached hydrogens (tertiary/aromatic N) is 2. The molecule has 1 heterocycles. The fourth-order valence-electron chi connectivity index (χ4n) is 3.67. The number of benzene rings is 2. The van der Waals surface area contributed by atoms with Gasteiger partial charge in [0.05, 0.1) is 21.0 Å². The maximum atomic E-state index is 14.1. The molecular formula is C21H24F4N2O2S. The minimum atomic E-state index is -4.90. The van der Waals surface area contributed by atoms with Crippen molar-refractivity contribution >= 4 is 15.5 Å². The van der Waals surface area contributed by atoms with Crippen molar-refractivity contribution in [2.45, 2.75) is 42.3 Å². The molecule has 9 heteroatoms. The van der Waals surface area contributed by atoms with E-state index in [1.54, 1.807) is 4.90 Å². The number of anilines is 1. The molecule has 0 aromatic heterocycles. The predicted molar refractivity (Wildman–Crippen MR) is 107 cm³/mol. The van der Waals surface area contributed by atoms with Crippen LogP contribution in [0.2, 0.25) is 0 Å². The Balaban J connectivity index is 2.08. The second-order valence-electron chi connectivity index (χ2n) is 8.25. The number of halogens is 4. The minimum Gasteiger partial charge on any atom is -0.368 e. The number of hydrogen-bond donors (Lipinski definition) is 0. The smallest absolute Gasteiger partial charge is 0.368 e. The summed E-state index contributed by atoms with van der Waals surface area (Å²) in [5.74, 6) is -0.834. The molecule has 1 aliphatic rings. The fraction of sp³-hybridized carbons (Fsp3) is 0.429. The molecule has 0 bridgehead atoms. The van der Waals surface area contributed by atoms with Gasteiger partial charge in [-0.3, -0.25) is 4.90 Å². The zero-order valence-corrected chi connectivity index (χ0v) is 17.8. The van der Waals surface area contributed by atoms with Crippen LogP contribution < -0.4 is 4.90 Å². The average molecular weight is 444 g/mol. The molecule has 2 aromatic carbocycles. The van der Waals surface area contributed by atoms with Gasteiger partial charge in [-0.25, -0.2) is 12.8 Å². The Morgan fingerprint density at radius 3 is 2.03 bits per heavy atom. The van der Waals surface area contributed by atoms with Crippen molar-refractivity contribution in [3.63, 3.8) is 0 Å². The van der Waals surface area contributed by atoms with Crippen LogP contribution >= 0.6 is 0 Å². The highest BCUT2D eigenvalue weighted by Crippen LogP contribution is 2.42. The van der Waals surface area contributed by atoms with Crippen molar-refractivity contribution in [1.82, 2.24) is 4.90 Å². The monoisotopic (exact) mass is 444 g/mol. The van der Waals surface area contributed by atoms with Crippen molar-refractivity contribution in [3.05, 3.63) is 53.8 Å². The van der Waals surface area contributed by atoms with Gasteiger partial charge in [0, 0.05) is 31.7 Å². The molecule has 0 saturated carbocycles. The van der Waals surface area contributed by atoms with Crippen LogP contribution in [0.15, 0.2) is 52.3 Å². The van der Waals surface area contributed by atoms with Crippen LogP contribution in [-0.4, -0.2) is 45.0 Å². The highest BCUT2D eigenvalue weighted by atomic mass is 32.2. The highest BCUT2D eigenvalue weighted by molar-refractivity contribution is 7.91. The number of hydrogen-bond acceptors (Lipinski definition) is 4. The summed E-state index contributed by atoms with van der Waals surface area (Å²) in [6, 6.07) is 7.53. The maximum absolute atomic E-state index is 14.1. The summed E-state index contributed by atoms with van der Waals surface area (Å²) in [5.41, 5.74) is -1.49. The molecule has 164 valence electrons. The zero-order valence-electron chi connectivity index (χ0n) is 17.0. The van der Waals surface area contributed by atoms with Crippen molar-refractivity contribution in [3.8, 4) is 0 Å². The Morgan fingerprint density at radius 2 is 1.50 bits per heavy atom. The average Bonchev–Trinajstić information content (AvgIpc) is 2.66. The van der Waals surface area contributed by atoms with E-state index in [-0.39, 0.29) is 11.2 Å². The SMILES string of the molecule is CC(C)(C)N1CCN(c2cccc(S(=O)(=O)c3cccc(F)c3)c2C(F)(F)F)CC1. The molecule has 4 nitrogen and oxygen atoms in total. The maximum Gasteiger partial charge on any atom is 0.419 e. The quantitative estimate of drug-likeness (QED) is 0.649. The van der Waals surface area contributed by atoms with Gasteiger partial charge in [-0.05, 0) is 51.1 Å². The molecule has 0 radical (unpaired) electrons. The summed E-state index contributed by atoms with van der Waals surface area (Å²) in [7, 11) is -4.57. The molecule has 0 spiro atoms. The van der Waals surface area contributed by atoms with E-state index < -0.39 is 37.2 Å². The molecule has 0 N–H and O–H groups in total. The van der Waals surface area contributed by atoms with Gasteiger partial charge in [-0.1, -0.05) is 12.1 Å². The van der Waals surface area contributed by atoms with Gasteiger partial charge in [-0.2, -0.15) is 13.2 Å². The number of rotatable bonds is 3. The third-order valence-electron chi connectivity index (χ3n) is 5.25. The Labute approximate surface area is 174 Å². The molecule has 1 saturated heterocycles.